The minimum absolute atomic E-state index is 0.166. The molecule has 0 aliphatic rings. The molecular formula is C13H7F13N2O. The van der Waals surface area contributed by atoms with Gasteiger partial charge in [0, 0.05) is 18.9 Å². The molecule has 1 N–H and O–H groups in total. The predicted molar refractivity (Wildman–Crippen MR) is 66.9 cm³/mol. The number of amides is 1. The molecular weight excluding hydrogens is 447 g/mol. The fourth-order valence-electron chi connectivity index (χ4n) is 1.71. The van der Waals surface area contributed by atoms with Crippen LogP contribution in [0.4, 0.5) is 57.1 Å². The third-order valence-corrected chi connectivity index (χ3v) is 3.39. The van der Waals surface area contributed by atoms with Gasteiger partial charge in [0.15, 0.2) is 0 Å². The third kappa shape index (κ3) is 3.80. The highest BCUT2D eigenvalue weighted by molar-refractivity contribution is 5.84. The number of carbonyl (C=O) groups is 1. The molecule has 1 amide bonds. The first-order valence-corrected chi connectivity index (χ1v) is 6.88. The van der Waals surface area contributed by atoms with Crippen LogP contribution in [0.15, 0.2) is 24.5 Å². The van der Waals surface area contributed by atoms with Crippen molar-refractivity contribution in [3.8, 4) is 0 Å². The van der Waals surface area contributed by atoms with Gasteiger partial charge < -0.3 is 5.32 Å². The fourth-order valence-corrected chi connectivity index (χ4v) is 1.71. The molecule has 1 aromatic rings. The number of alkyl halides is 13. The molecule has 16 heteroatoms. The summed E-state index contributed by atoms with van der Waals surface area (Å²) in [7, 11) is 0. The van der Waals surface area contributed by atoms with Crippen molar-refractivity contribution in [1.82, 2.24) is 10.3 Å². The number of hydrogen-bond donors (Lipinski definition) is 1. The molecule has 1 aromatic heterocycles. The van der Waals surface area contributed by atoms with Gasteiger partial charge >= 0.3 is 35.8 Å². The summed E-state index contributed by atoms with van der Waals surface area (Å²) in [5.41, 5.74) is -0.166. The Labute approximate surface area is 151 Å². The zero-order valence-corrected chi connectivity index (χ0v) is 13.3. The van der Waals surface area contributed by atoms with Crippen LogP contribution in [0.2, 0.25) is 0 Å². The third-order valence-electron chi connectivity index (χ3n) is 3.39. The van der Waals surface area contributed by atoms with Gasteiger partial charge in [-0.25, -0.2) is 0 Å². The Morgan fingerprint density at radius 3 is 1.69 bits per heavy atom. The molecule has 0 aromatic carbocycles. The summed E-state index contributed by atoms with van der Waals surface area (Å²) in [6, 6.07) is 2.22. The maximum atomic E-state index is 13.5. The van der Waals surface area contributed by atoms with E-state index in [1.54, 1.807) is 0 Å². The first-order valence-electron chi connectivity index (χ1n) is 6.88. The van der Waals surface area contributed by atoms with Crippen LogP contribution in [0, 0.1) is 0 Å². The van der Waals surface area contributed by atoms with Gasteiger partial charge in [-0.1, -0.05) is 6.07 Å². The Kier molecular flexibility index (Phi) is 6.14. The van der Waals surface area contributed by atoms with E-state index in [0.29, 0.717) is 0 Å². The standard InChI is InChI=1S/C13H7F13N2O/c14-8(15,7(29)28-5-6-2-1-3-27-4-6)9(16,17)10(18,19)11(20,21)12(22,23)13(24,25)26/h1-4H,5H2,(H,28,29). The lowest BCUT2D eigenvalue weighted by Crippen LogP contribution is -2.71. The summed E-state index contributed by atoms with van der Waals surface area (Å²) in [4.78, 5) is 14.6. The largest absolute Gasteiger partial charge is 0.460 e. The summed E-state index contributed by atoms with van der Waals surface area (Å²) in [5, 5.41) is 0.941. The second-order valence-electron chi connectivity index (χ2n) is 5.41. The smallest absolute Gasteiger partial charge is 0.347 e. The van der Waals surface area contributed by atoms with E-state index in [1.165, 1.54) is 0 Å². The highest BCUT2D eigenvalue weighted by Gasteiger charge is 2.91. The van der Waals surface area contributed by atoms with Crippen LogP contribution < -0.4 is 5.32 Å². The molecule has 0 atom stereocenters. The van der Waals surface area contributed by atoms with Gasteiger partial charge in [0.25, 0.3) is 5.91 Å². The van der Waals surface area contributed by atoms with Crippen molar-refractivity contribution < 1.29 is 61.9 Å². The number of pyridine rings is 1. The topological polar surface area (TPSA) is 42.0 Å². The molecule has 0 saturated heterocycles. The Hall–Kier alpha value is -2.29. The van der Waals surface area contributed by atoms with Gasteiger partial charge in [0.05, 0.1) is 0 Å². The van der Waals surface area contributed by atoms with E-state index in [4.69, 9.17) is 0 Å². The zero-order chi connectivity index (χ0) is 23.1. The van der Waals surface area contributed by atoms with Crippen molar-refractivity contribution in [1.29, 1.82) is 0 Å². The number of halogens is 13. The molecule has 29 heavy (non-hydrogen) atoms. The number of nitrogens with zero attached hydrogens (tertiary/aromatic N) is 1. The van der Waals surface area contributed by atoms with E-state index >= 15 is 0 Å². The molecule has 0 aliphatic carbocycles. The Balaban J connectivity index is 3.25. The highest BCUT2D eigenvalue weighted by atomic mass is 19.4. The quantitative estimate of drug-likeness (QED) is 0.620. The Morgan fingerprint density at radius 1 is 0.793 bits per heavy atom. The first-order chi connectivity index (χ1) is 12.7. The van der Waals surface area contributed by atoms with Crippen molar-refractivity contribution >= 4 is 5.91 Å². The van der Waals surface area contributed by atoms with Gasteiger partial charge in [-0.15, -0.1) is 0 Å². The monoisotopic (exact) mass is 454 g/mol. The number of hydrogen-bond acceptors (Lipinski definition) is 2. The second-order valence-corrected chi connectivity index (χ2v) is 5.41. The zero-order valence-electron chi connectivity index (χ0n) is 13.3. The Bertz CT molecular complexity index is 730. The van der Waals surface area contributed by atoms with Gasteiger partial charge in [-0.05, 0) is 11.6 Å². The van der Waals surface area contributed by atoms with Gasteiger partial charge in [-0.3, -0.25) is 9.78 Å². The average Bonchev–Trinajstić information content (AvgIpc) is 2.58. The number of carbonyl (C=O) groups excluding carboxylic acids is 1. The lowest BCUT2D eigenvalue weighted by Gasteiger charge is -2.39. The van der Waals surface area contributed by atoms with E-state index in [-0.39, 0.29) is 5.56 Å². The van der Waals surface area contributed by atoms with Crippen LogP contribution in [0.5, 0.6) is 0 Å². The van der Waals surface area contributed by atoms with Crippen LogP contribution >= 0.6 is 0 Å². The maximum Gasteiger partial charge on any atom is 0.460 e. The second kappa shape index (κ2) is 7.19. The van der Waals surface area contributed by atoms with E-state index < -0.39 is 48.2 Å². The minimum atomic E-state index is -8.05. The van der Waals surface area contributed by atoms with Crippen molar-refractivity contribution in [3.05, 3.63) is 30.1 Å². The van der Waals surface area contributed by atoms with Crippen LogP contribution in [0.3, 0.4) is 0 Å². The van der Waals surface area contributed by atoms with E-state index in [2.05, 4.69) is 4.98 Å². The Morgan fingerprint density at radius 2 is 1.28 bits per heavy atom. The summed E-state index contributed by atoms with van der Waals surface area (Å²) in [5.74, 6) is -41.7. The molecule has 0 bridgehead atoms. The lowest BCUT2D eigenvalue weighted by atomic mass is 9.93. The SMILES string of the molecule is O=C(NCc1cccnc1)C(F)(F)C(F)(F)C(F)(F)C(F)(F)C(F)(F)C(F)(F)F. The van der Waals surface area contributed by atoms with Crippen molar-refractivity contribution in [2.75, 3.05) is 0 Å². The fraction of sp³-hybridized carbons (Fsp3) is 0.538. The van der Waals surface area contributed by atoms with Crippen molar-refractivity contribution in [3.63, 3.8) is 0 Å². The van der Waals surface area contributed by atoms with Crippen LogP contribution in [0.1, 0.15) is 5.56 Å². The number of rotatable bonds is 7. The maximum absolute atomic E-state index is 13.5. The average molecular weight is 454 g/mol. The molecule has 0 spiro atoms. The molecule has 0 aliphatic heterocycles. The van der Waals surface area contributed by atoms with E-state index in [9.17, 15) is 61.9 Å². The predicted octanol–water partition coefficient (Wildman–Crippen LogP) is 4.44. The molecule has 166 valence electrons. The normalized spacial score (nSPS) is 14.7. The van der Waals surface area contributed by atoms with Gasteiger partial charge in [-0.2, -0.15) is 57.1 Å². The first kappa shape index (κ1) is 24.7. The van der Waals surface area contributed by atoms with E-state index in [1.807, 2.05) is 0 Å². The van der Waals surface area contributed by atoms with Gasteiger partial charge in [0.2, 0.25) is 0 Å². The summed E-state index contributed by atoms with van der Waals surface area (Å²) < 4.78 is 168. The van der Waals surface area contributed by atoms with Crippen molar-refractivity contribution in [2.45, 2.75) is 42.3 Å². The van der Waals surface area contributed by atoms with E-state index in [0.717, 1.165) is 29.8 Å². The molecule has 0 saturated carbocycles. The number of aromatic nitrogens is 1. The minimum Gasteiger partial charge on any atom is -0.347 e. The number of nitrogens with one attached hydrogen (secondary N) is 1. The van der Waals surface area contributed by atoms with Crippen LogP contribution in [0.25, 0.3) is 0 Å². The van der Waals surface area contributed by atoms with Crippen LogP contribution in [-0.2, 0) is 11.3 Å². The molecule has 1 heterocycles. The summed E-state index contributed by atoms with van der Waals surface area (Å²) in [6.45, 7) is -1.07. The van der Waals surface area contributed by atoms with Crippen LogP contribution in [-0.4, -0.2) is 46.7 Å². The van der Waals surface area contributed by atoms with Gasteiger partial charge in [0.1, 0.15) is 0 Å². The molecule has 0 radical (unpaired) electrons. The summed E-state index contributed by atoms with van der Waals surface area (Å²) in [6.07, 6.45) is -5.49. The molecule has 0 unspecified atom stereocenters. The highest BCUT2D eigenvalue weighted by Crippen LogP contribution is 2.60. The molecule has 0 fully saturated rings. The molecule has 3 nitrogen and oxygen atoms in total. The summed E-state index contributed by atoms with van der Waals surface area (Å²) >= 11 is 0. The lowest BCUT2D eigenvalue weighted by molar-refractivity contribution is -0.436. The molecule has 1 rings (SSSR count). The van der Waals surface area contributed by atoms with Crippen molar-refractivity contribution in [2.24, 2.45) is 0 Å².